The molecule has 0 aliphatic carbocycles. The lowest BCUT2D eigenvalue weighted by Gasteiger charge is -2.40. The Bertz CT molecular complexity index is 1190. The van der Waals surface area contributed by atoms with Gasteiger partial charge in [-0.15, -0.1) is 0 Å². The van der Waals surface area contributed by atoms with Gasteiger partial charge in [-0.1, -0.05) is 12.1 Å². The Kier molecular flexibility index (Phi) is 5.82. The standard InChI is InChI=1S/C21H24F2N2O4S2/c1-15-12-16(6-7-17(15)22)31(28,29)21-14-30(26,27)13-20(21)25-10-8-24(9-11-25)19-5-3-2-4-18(19)23/h2-7,12,20-21H,8-11,13-14H2,1H3. The third kappa shape index (κ3) is 4.33. The summed E-state index contributed by atoms with van der Waals surface area (Å²) in [6.07, 6.45) is 0. The molecule has 0 aromatic heterocycles. The van der Waals surface area contributed by atoms with Gasteiger partial charge in [0.25, 0.3) is 0 Å². The first-order valence-electron chi connectivity index (χ1n) is 10.0. The third-order valence-electron chi connectivity index (χ3n) is 6.10. The van der Waals surface area contributed by atoms with Gasteiger partial charge < -0.3 is 4.90 Å². The molecule has 0 bridgehead atoms. The van der Waals surface area contributed by atoms with E-state index in [1.165, 1.54) is 25.1 Å². The zero-order chi connectivity index (χ0) is 22.4. The van der Waals surface area contributed by atoms with E-state index in [9.17, 15) is 25.6 Å². The third-order valence-corrected chi connectivity index (χ3v) is 10.2. The molecule has 10 heteroatoms. The maximum atomic E-state index is 14.1. The van der Waals surface area contributed by atoms with Crippen LogP contribution in [0.15, 0.2) is 47.4 Å². The zero-order valence-corrected chi connectivity index (χ0v) is 18.7. The number of para-hydroxylation sites is 1. The molecule has 2 aliphatic heterocycles. The van der Waals surface area contributed by atoms with Crippen molar-refractivity contribution in [1.29, 1.82) is 0 Å². The first-order valence-corrected chi connectivity index (χ1v) is 13.4. The molecule has 4 rings (SSSR count). The van der Waals surface area contributed by atoms with Gasteiger partial charge in [-0.05, 0) is 42.8 Å². The molecule has 0 spiro atoms. The molecule has 2 atom stereocenters. The van der Waals surface area contributed by atoms with Crippen molar-refractivity contribution < 1.29 is 25.6 Å². The molecule has 2 fully saturated rings. The molecule has 0 radical (unpaired) electrons. The van der Waals surface area contributed by atoms with E-state index in [-0.39, 0.29) is 22.0 Å². The summed E-state index contributed by atoms with van der Waals surface area (Å²) in [6.45, 7) is 3.23. The number of anilines is 1. The van der Waals surface area contributed by atoms with Crippen LogP contribution in [0.5, 0.6) is 0 Å². The van der Waals surface area contributed by atoms with E-state index >= 15 is 0 Å². The van der Waals surface area contributed by atoms with Crippen LogP contribution >= 0.6 is 0 Å². The van der Waals surface area contributed by atoms with Crippen LogP contribution in [0.1, 0.15) is 5.56 Å². The molecule has 2 heterocycles. The van der Waals surface area contributed by atoms with Crippen molar-refractivity contribution in [2.24, 2.45) is 0 Å². The van der Waals surface area contributed by atoms with Crippen molar-refractivity contribution in [3.63, 3.8) is 0 Å². The Balaban J connectivity index is 1.57. The van der Waals surface area contributed by atoms with Crippen LogP contribution in [0.25, 0.3) is 0 Å². The van der Waals surface area contributed by atoms with Crippen LogP contribution in [-0.4, -0.2) is 70.7 Å². The smallest absolute Gasteiger partial charge is 0.183 e. The Morgan fingerprint density at radius 3 is 2.26 bits per heavy atom. The minimum Gasteiger partial charge on any atom is -0.367 e. The molecule has 2 aromatic rings. The van der Waals surface area contributed by atoms with E-state index < -0.39 is 42.5 Å². The number of sulfone groups is 2. The van der Waals surface area contributed by atoms with Crippen LogP contribution in [0.3, 0.4) is 0 Å². The van der Waals surface area contributed by atoms with Crippen LogP contribution < -0.4 is 4.90 Å². The molecule has 2 saturated heterocycles. The summed E-state index contributed by atoms with van der Waals surface area (Å²) in [6, 6.07) is 9.29. The highest BCUT2D eigenvalue weighted by molar-refractivity contribution is 7.96. The lowest BCUT2D eigenvalue weighted by Crippen LogP contribution is -2.55. The topological polar surface area (TPSA) is 74.8 Å². The van der Waals surface area contributed by atoms with E-state index in [1.54, 1.807) is 18.2 Å². The number of aryl methyl sites for hydroxylation is 1. The van der Waals surface area contributed by atoms with Gasteiger partial charge in [-0.2, -0.15) is 0 Å². The summed E-state index contributed by atoms with van der Waals surface area (Å²) >= 11 is 0. The molecule has 168 valence electrons. The van der Waals surface area contributed by atoms with Gasteiger partial charge in [0, 0.05) is 32.2 Å². The minimum absolute atomic E-state index is 0.0662. The Hall–Kier alpha value is -2.04. The number of hydrogen-bond acceptors (Lipinski definition) is 6. The van der Waals surface area contributed by atoms with Crippen LogP contribution in [0, 0.1) is 18.6 Å². The van der Waals surface area contributed by atoms with Gasteiger partial charge in [-0.3, -0.25) is 4.90 Å². The maximum Gasteiger partial charge on any atom is 0.183 e. The second-order valence-electron chi connectivity index (χ2n) is 8.11. The largest absolute Gasteiger partial charge is 0.367 e. The fourth-order valence-corrected chi connectivity index (χ4v) is 9.32. The highest BCUT2D eigenvalue weighted by Crippen LogP contribution is 2.31. The molecular weight excluding hydrogens is 446 g/mol. The van der Waals surface area contributed by atoms with Gasteiger partial charge in [0.2, 0.25) is 0 Å². The Morgan fingerprint density at radius 2 is 1.61 bits per heavy atom. The monoisotopic (exact) mass is 470 g/mol. The SMILES string of the molecule is Cc1cc(S(=O)(=O)C2CS(=O)(=O)CC2N2CCN(c3ccccc3F)CC2)ccc1F. The normalized spacial score (nSPS) is 24.4. The number of piperazine rings is 1. The number of nitrogens with zero attached hydrogens (tertiary/aromatic N) is 2. The van der Waals surface area contributed by atoms with E-state index in [4.69, 9.17) is 0 Å². The Morgan fingerprint density at radius 1 is 0.935 bits per heavy atom. The fourth-order valence-electron chi connectivity index (χ4n) is 4.41. The summed E-state index contributed by atoms with van der Waals surface area (Å²) in [7, 11) is -7.53. The second kappa shape index (κ2) is 8.14. The predicted octanol–water partition coefficient (Wildman–Crippen LogP) is 2.03. The van der Waals surface area contributed by atoms with Crippen molar-refractivity contribution in [2.75, 3.05) is 42.6 Å². The van der Waals surface area contributed by atoms with Crippen molar-refractivity contribution in [3.05, 3.63) is 59.7 Å². The predicted molar refractivity (Wildman–Crippen MR) is 115 cm³/mol. The molecule has 0 N–H and O–H groups in total. The number of rotatable bonds is 4. The van der Waals surface area contributed by atoms with Crippen LogP contribution in [0.2, 0.25) is 0 Å². The van der Waals surface area contributed by atoms with Crippen molar-refractivity contribution in [2.45, 2.75) is 23.1 Å². The number of benzene rings is 2. The lowest BCUT2D eigenvalue weighted by atomic mass is 10.1. The first-order chi connectivity index (χ1) is 14.6. The summed E-state index contributed by atoms with van der Waals surface area (Å²) in [4.78, 5) is 3.69. The molecule has 31 heavy (non-hydrogen) atoms. The molecule has 2 aromatic carbocycles. The molecular formula is C21H24F2N2O4S2. The van der Waals surface area contributed by atoms with Crippen LogP contribution in [0.4, 0.5) is 14.5 Å². The van der Waals surface area contributed by atoms with Gasteiger partial charge in [0.1, 0.15) is 11.6 Å². The van der Waals surface area contributed by atoms with Crippen LogP contribution in [-0.2, 0) is 19.7 Å². The van der Waals surface area contributed by atoms with E-state index in [1.807, 2.05) is 9.80 Å². The highest BCUT2D eigenvalue weighted by Gasteiger charge is 2.48. The van der Waals surface area contributed by atoms with Crippen molar-refractivity contribution >= 4 is 25.4 Å². The van der Waals surface area contributed by atoms with E-state index in [0.717, 1.165) is 6.07 Å². The lowest BCUT2D eigenvalue weighted by molar-refractivity contribution is 0.201. The highest BCUT2D eigenvalue weighted by atomic mass is 32.2. The maximum absolute atomic E-state index is 14.1. The van der Waals surface area contributed by atoms with E-state index in [0.29, 0.717) is 31.9 Å². The molecule has 2 unspecified atom stereocenters. The summed E-state index contributed by atoms with van der Waals surface area (Å²) < 4.78 is 79.1. The summed E-state index contributed by atoms with van der Waals surface area (Å²) in [5, 5.41) is -1.12. The Labute approximate surface area is 181 Å². The molecule has 6 nitrogen and oxygen atoms in total. The van der Waals surface area contributed by atoms with Crippen molar-refractivity contribution in [1.82, 2.24) is 4.90 Å². The van der Waals surface area contributed by atoms with Gasteiger partial charge in [-0.25, -0.2) is 25.6 Å². The zero-order valence-electron chi connectivity index (χ0n) is 17.0. The average molecular weight is 471 g/mol. The molecule has 0 amide bonds. The fraction of sp³-hybridized carbons (Fsp3) is 0.429. The number of halogens is 2. The summed E-state index contributed by atoms with van der Waals surface area (Å²) in [5.41, 5.74) is 0.670. The van der Waals surface area contributed by atoms with Gasteiger partial charge >= 0.3 is 0 Å². The van der Waals surface area contributed by atoms with E-state index in [2.05, 4.69) is 0 Å². The van der Waals surface area contributed by atoms with Gasteiger partial charge in [0.05, 0.1) is 27.3 Å². The molecule has 2 aliphatic rings. The summed E-state index contributed by atoms with van der Waals surface area (Å²) in [5.74, 6) is -1.54. The average Bonchev–Trinajstić information content (AvgIpc) is 3.07. The molecule has 0 saturated carbocycles. The minimum atomic E-state index is -3.98. The number of hydrogen-bond donors (Lipinski definition) is 0. The van der Waals surface area contributed by atoms with Crippen molar-refractivity contribution in [3.8, 4) is 0 Å². The van der Waals surface area contributed by atoms with Gasteiger partial charge in [0.15, 0.2) is 19.7 Å². The quantitative estimate of drug-likeness (QED) is 0.637. The first kappa shape index (κ1) is 22.2. The second-order valence-corrected chi connectivity index (χ2v) is 12.4.